The van der Waals surface area contributed by atoms with Gasteiger partial charge >= 0.3 is 12.3 Å². The van der Waals surface area contributed by atoms with Gasteiger partial charge in [0.2, 0.25) is 0 Å². The smallest absolute Gasteiger partial charge is 0.450 e. The minimum atomic E-state index is -1.83. The fraction of sp³-hybridized carbons (Fsp3) is 0.400. The van der Waals surface area contributed by atoms with Crippen molar-refractivity contribution in [1.29, 1.82) is 0 Å². The molecular formula is C10H16O6. The number of hydrogen-bond donors (Lipinski definition) is 4. The number of carboxylic acid groups (broad SMARTS) is 4. The Kier molecular flexibility index (Phi) is 13.4. The standard InChI is InChI=1S/C8H12.2CH2O3/c1-2-4-6-8-7-5-3-1;2*2-1(3)4/h1-4H,5-8H2;2*(H2,2,3,4). The summed E-state index contributed by atoms with van der Waals surface area (Å²) < 4.78 is 0. The zero-order valence-electron chi connectivity index (χ0n) is 8.74. The van der Waals surface area contributed by atoms with Crippen LogP contribution in [0.5, 0.6) is 0 Å². The molecule has 6 nitrogen and oxygen atoms in total. The average molecular weight is 232 g/mol. The van der Waals surface area contributed by atoms with Crippen molar-refractivity contribution >= 4 is 12.3 Å². The minimum absolute atomic E-state index is 1.27. The summed E-state index contributed by atoms with van der Waals surface area (Å²) in [6, 6.07) is 0. The molecule has 1 rings (SSSR count). The van der Waals surface area contributed by atoms with Gasteiger partial charge in [-0.3, -0.25) is 0 Å². The molecule has 1 aliphatic rings. The molecule has 0 unspecified atom stereocenters. The molecule has 0 radical (unpaired) electrons. The van der Waals surface area contributed by atoms with E-state index in [2.05, 4.69) is 24.3 Å². The Hall–Kier alpha value is -1.98. The van der Waals surface area contributed by atoms with Gasteiger partial charge in [0.25, 0.3) is 0 Å². The van der Waals surface area contributed by atoms with E-state index in [4.69, 9.17) is 30.0 Å². The van der Waals surface area contributed by atoms with Gasteiger partial charge < -0.3 is 20.4 Å². The Morgan fingerprint density at radius 2 is 1.00 bits per heavy atom. The summed E-state index contributed by atoms with van der Waals surface area (Å²) in [7, 11) is 0. The van der Waals surface area contributed by atoms with Crippen LogP contribution < -0.4 is 0 Å². The second-order valence-electron chi connectivity index (χ2n) is 2.71. The number of rotatable bonds is 0. The largest absolute Gasteiger partial charge is 0.503 e. The lowest BCUT2D eigenvalue weighted by Crippen LogP contribution is -1.81. The predicted octanol–water partition coefficient (Wildman–Crippen LogP) is 3.12. The van der Waals surface area contributed by atoms with Crippen molar-refractivity contribution in [1.82, 2.24) is 0 Å². The molecule has 4 N–H and O–H groups in total. The molecule has 0 bridgehead atoms. The third-order valence-electron chi connectivity index (χ3n) is 1.37. The van der Waals surface area contributed by atoms with Crippen molar-refractivity contribution in [2.45, 2.75) is 25.7 Å². The maximum atomic E-state index is 8.56. The van der Waals surface area contributed by atoms with E-state index in [-0.39, 0.29) is 0 Å². The molecule has 0 aromatic rings. The first-order chi connectivity index (χ1) is 7.46. The summed E-state index contributed by atoms with van der Waals surface area (Å²) >= 11 is 0. The fourth-order valence-electron chi connectivity index (χ4n) is 0.874. The lowest BCUT2D eigenvalue weighted by atomic mass is 10.1. The van der Waals surface area contributed by atoms with E-state index < -0.39 is 12.3 Å². The van der Waals surface area contributed by atoms with Gasteiger partial charge in [-0.25, -0.2) is 9.59 Å². The van der Waals surface area contributed by atoms with Crippen molar-refractivity contribution in [3.8, 4) is 0 Å². The van der Waals surface area contributed by atoms with Gasteiger partial charge in [0.15, 0.2) is 0 Å². The molecule has 1 aliphatic carbocycles. The van der Waals surface area contributed by atoms with Crippen molar-refractivity contribution in [3.63, 3.8) is 0 Å². The zero-order chi connectivity index (χ0) is 12.8. The summed E-state index contributed by atoms with van der Waals surface area (Å²) in [4.78, 5) is 17.1. The highest BCUT2D eigenvalue weighted by molar-refractivity contribution is 5.53. The molecule has 0 saturated carbocycles. The van der Waals surface area contributed by atoms with Gasteiger partial charge in [0.05, 0.1) is 0 Å². The van der Waals surface area contributed by atoms with Crippen molar-refractivity contribution in [3.05, 3.63) is 24.3 Å². The molecule has 0 spiro atoms. The quantitative estimate of drug-likeness (QED) is 0.510. The summed E-state index contributed by atoms with van der Waals surface area (Å²) in [5.74, 6) is 0. The molecule has 0 aromatic carbocycles. The third kappa shape index (κ3) is 40.3. The van der Waals surface area contributed by atoms with Crippen molar-refractivity contribution < 1.29 is 30.0 Å². The third-order valence-corrected chi connectivity index (χ3v) is 1.37. The number of carbonyl (C=O) groups is 2. The van der Waals surface area contributed by atoms with Gasteiger partial charge in [0, 0.05) is 0 Å². The van der Waals surface area contributed by atoms with Crippen LogP contribution in [0.1, 0.15) is 25.7 Å². The van der Waals surface area contributed by atoms with Crippen molar-refractivity contribution in [2.24, 2.45) is 0 Å². The summed E-state index contributed by atoms with van der Waals surface area (Å²) in [6.45, 7) is 0. The van der Waals surface area contributed by atoms with Crippen LogP contribution in [-0.2, 0) is 0 Å². The highest BCUT2D eigenvalue weighted by atomic mass is 16.6. The van der Waals surface area contributed by atoms with E-state index in [1.165, 1.54) is 25.7 Å². The topological polar surface area (TPSA) is 115 Å². The molecule has 0 saturated heterocycles. The van der Waals surface area contributed by atoms with Gasteiger partial charge in [-0.2, -0.15) is 0 Å². The normalized spacial score (nSPS) is 13.0. The molecule has 0 aromatic heterocycles. The Balaban J connectivity index is 0. The van der Waals surface area contributed by atoms with Crippen LogP contribution >= 0.6 is 0 Å². The Morgan fingerprint density at radius 3 is 1.25 bits per heavy atom. The fourth-order valence-corrected chi connectivity index (χ4v) is 0.874. The molecule has 0 fully saturated rings. The lowest BCUT2D eigenvalue weighted by Gasteiger charge is -1.94. The first kappa shape index (κ1) is 16.4. The number of allylic oxidation sites excluding steroid dienone is 4. The molecule has 92 valence electrons. The Morgan fingerprint density at radius 1 is 0.750 bits per heavy atom. The summed E-state index contributed by atoms with van der Waals surface area (Å²) in [5.41, 5.74) is 0. The van der Waals surface area contributed by atoms with Crippen LogP contribution in [0.15, 0.2) is 24.3 Å². The lowest BCUT2D eigenvalue weighted by molar-refractivity contribution is 0.135. The van der Waals surface area contributed by atoms with E-state index in [1.54, 1.807) is 0 Å². The first-order valence-corrected chi connectivity index (χ1v) is 4.62. The van der Waals surface area contributed by atoms with E-state index in [9.17, 15) is 0 Å². The number of hydrogen-bond acceptors (Lipinski definition) is 2. The Bertz CT molecular complexity index is 210. The summed E-state index contributed by atoms with van der Waals surface area (Å²) in [6.07, 6.45) is 10.3. The highest BCUT2D eigenvalue weighted by Crippen LogP contribution is 2.04. The zero-order valence-corrected chi connectivity index (χ0v) is 8.74. The molecule has 0 atom stereocenters. The minimum Gasteiger partial charge on any atom is -0.450 e. The monoisotopic (exact) mass is 232 g/mol. The SMILES string of the molecule is C1=CCCCCC=C1.O=C(O)O.O=C(O)O. The van der Waals surface area contributed by atoms with E-state index >= 15 is 0 Å². The molecule has 0 heterocycles. The van der Waals surface area contributed by atoms with Crippen LogP contribution in [0, 0.1) is 0 Å². The molecular weight excluding hydrogens is 216 g/mol. The Labute approximate surface area is 93.2 Å². The molecule has 6 heteroatoms. The predicted molar refractivity (Wildman–Crippen MR) is 58.1 cm³/mol. The van der Waals surface area contributed by atoms with E-state index in [1.807, 2.05) is 0 Å². The van der Waals surface area contributed by atoms with Crippen LogP contribution in [0.4, 0.5) is 9.59 Å². The van der Waals surface area contributed by atoms with E-state index in [0.29, 0.717) is 0 Å². The molecule has 16 heavy (non-hydrogen) atoms. The molecule has 0 amide bonds. The van der Waals surface area contributed by atoms with Crippen LogP contribution in [0.25, 0.3) is 0 Å². The van der Waals surface area contributed by atoms with Gasteiger partial charge in [0.1, 0.15) is 0 Å². The first-order valence-electron chi connectivity index (χ1n) is 4.62. The maximum Gasteiger partial charge on any atom is 0.503 e. The van der Waals surface area contributed by atoms with Crippen LogP contribution in [0.2, 0.25) is 0 Å². The molecule has 0 aliphatic heterocycles. The second-order valence-corrected chi connectivity index (χ2v) is 2.71. The van der Waals surface area contributed by atoms with Crippen LogP contribution in [-0.4, -0.2) is 32.7 Å². The highest BCUT2D eigenvalue weighted by Gasteiger charge is 1.84. The average Bonchev–Trinajstić information content (AvgIpc) is 1.98. The van der Waals surface area contributed by atoms with E-state index in [0.717, 1.165) is 0 Å². The van der Waals surface area contributed by atoms with Crippen molar-refractivity contribution in [2.75, 3.05) is 0 Å². The van der Waals surface area contributed by atoms with Gasteiger partial charge in [-0.15, -0.1) is 0 Å². The second kappa shape index (κ2) is 13.0. The van der Waals surface area contributed by atoms with Crippen LogP contribution in [0.3, 0.4) is 0 Å². The maximum absolute atomic E-state index is 8.56. The summed E-state index contributed by atoms with van der Waals surface area (Å²) in [5, 5.41) is 27.9. The van der Waals surface area contributed by atoms with Gasteiger partial charge in [-0.1, -0.05) is 24.3 Å². The van der Waals surface area contributed by atoms with Gasteiger partial charge in [-0.05, 0) is 25.7 Å².